The lowest BCUT2D eigenvalue weighted by Crippen LogP contribution is -2.45. The zero-order chi connectivity index (χ0) is 14.5. The lowest BCUT2D eigenvalue weighted by atomic mass is 10.0. The lowest BCUT2D eigenvalue weighted by Gasteiger charge is -2.37. The normalized spacial score (nSPS) is 22.0. The summed E-state index contributed by atoms with van der Waals surface area (Å²) in [6.07, 6.45) is 3.48. The van der Waals surface area contributed by atoms with E-state index in [-0.39, 0.29) is 5.75 Å². The van der Waals surface area contributed by atoms with Crippen molar-refractivity contribution < 1.29 is 8.76 Å². The van der Waals surface area contributed by atoms with Gasteiger partial charge in [0, 0.05) is 12.6 Å². The van der Waals surface area contributed by atoms with E-state index in [1.54, 1.807) is 0 Å². The van der Waals surface area contributed by atoms with Gasteiger partial charge in [0.2, 0.25) is 0 Å². The van der Waals surface area contributed by atoms with E-state index in [1.165, 1.54) is 12.8 Å². The maximum atomic E-state index is 11.4. The third-order valence-corrected chi connectivity index (χ3v) is 4.72. The highest BCUT2D eigenvalue weighted by Gasteiger charge is 2.23. The number of nitrogens with zero attached hydrogens (tertiary/aromatic N) is 2. The minimum absolute atomic E-state index is 0.289. The molecule has 1 aliphatic rings. The Hall–Kier alpha value is -0.100. The molecule has 0 saturated carbocycles. The number of piperidine rings is 1. The molecule has 1 rings (SSSR count). The highest BCUT2D eigenvalue weighted by molar-refractivity contribution is 7.95. The smallest absolute Gasteiger partial charge is 0.0758 e. The van der Waals surface area contributed by atoms with Crippen molar-refractivity contribution in [2.75, 3.05) is 39.0 Å². The van der Waals surface area contributed by atoms with Crippen molar-refractivity contribution in [3.63, 3.8) is 0 Å². The summed E-state index contributed by atoms with van der Waals surface area (Å²) in [5, 5.41) is 0. The van der Waals surface area contributed by atoms with Gasteiger partial charge in [-0.3, -0.25) is 4.90 Å². The van der Waals surface area contributed by atoms with Gasteiger partial charge in [0.15, 0.2) is 0 Å². The molecule has 114 valence electrons. The molecule has 1 aliphatic heterocycles. The van der Waals surface area contributed by atoms with E-state index in [0.717, 1.165) is 26.1 Å². The van der Waals surface area contributed by atoms with Crippen LogP contribution in [0.15, 0.2) is 0 Å². The van der Waals surface area contributed by atoms with Gasteiger partial charge in [0.1, 0.15) is 0 Å². The van der Waals surface area contributed by atoms with Gasteiger partial charge in [-0.25, -0.2) is 4.21 Å². The fourth-order valence-corrected chi connectivity index (χ4v) is 3.04. The van der Waals surface area contributed by atoms with Gasteiger partial charge in [-0.05, 0) is 57.7 Å². The monoisotopic (exact) mass is 290 g/mol. The Kier molecular flexibility index (Phi) is 6.80. The maximum Gasteiger partial charge on any atom is 0.0758 e. The second-order valence-corrected chi connectivity index (χ2v) is 8.18. The van der Waals surface area contributed by atoms with Crippen LogP contribution < -0.4 is 0 Å². The van der Waals surface area contributed by atoms with Gasteiger partial charge in [0.25, 0.3) is 0 Å². The van der Waals surface area contributed by atoms with Crippen molar-refractivity contribution in [2.24, 2.45) is 5.92 Å². The predicted molar refractivity (Wildman–Crippen MR) is 84.3 cm³/mol. The first-order valence-corrected chi connectivity index (χ1v) is 9.13. The molecule has 0 spiro atoms. The topological polar surface area (TPSA) is 43.8 Å². The largest absolute Gasteiger partial charge is 0.314 e. The van der Waals surface area contributed by atoms with Crippen LogP contribution in [0.3, 0.4) is 0 Å². The van der Waals surface area contributed by atoms with E-state index in [1.807, 2.05) is 0 Å². The second-order valence-electron chi connectivity index (χ2n) is 6.23. The third kappa shape index (κ3) is 7.30. The van der Waals surface area contributed by atoms with Crippen LogP contribution in [-0.2, 0) is 9.80 Å². The molecule has 1 heterocycles. The Bertz CT molecular complexity index is 346. The van der Waals surface area contributed by atoms with Crippen LogP contribution in [0.25, 0.3) is 0 Å². The summed E-state index contributed by atoms with van der Waals surface area (Å²) in [6.45, 7) is 8.43. The fraction of sp³-hybridized carbons (Fsp3) is 0.929. The van der Waals surface area contributed by atoms with Gasteiger partial charge in [0.05, 0.1) is 15.6 Å². The van der Waals surface area contributed by atoms with Crippen LogP contribution in [0, 0.1) is 5.92 Å². The molecule has 0 aromatic heterocycles. The summed E-state index contributed by atoms with van der Waals surface area (Å²) in [5.74, 6) is 4.31. The van der Waals surface area contributed by atoms with E-state index in [2.05, 4.69) is 36.6 Å². The summed E-state index contributed by atoms with van der Waals surface area (Å²) in [6, 6.07) is 0.566. The molecule has 1 saturated heterocycles. The minimum atomic E-state index is -2.86. The van der Waals surface area contributed by atoms with Crippen molar-refractivity contribution in [2.45, 2.75) is 39.2 Å². The first-order chi connectivity index (χ1) is 8.78. The van der Waals surface area contributed by atoms with E-state index in [9.17, 15) is 8.76 Å². The highest BCUT2D eigenvalue weighted by Crippen LogP contribution is 2.17. The summed E-state index contributed by atoms with van der Waals surface area (Å²) in [4.78, 5) is 4.77. The van der Waals surface area contributed by atoms with Crippen LogP contribution in [0.5, 0.6) is 0 Å². The summed E-state index contributed by atoms with van der Waals surface area (Å²) < 4.78 is 20.7. The van der Waals surface area contributed by atoms with Gasteiger partial charge >= 0.3 is 0 Å². The Balaban J connectivity index is 2.52. The number of hydrogen-bond acceptors (Lipinski definition) is 3. The predicted octanol–water partition coefficient (Wildman–Crippen LogP) is 1.62. The quantitative estimate of drug-likeness (QED) is 0.724. The van der Waals surface area contributed by atoms with Crippen LogP contribution in [0.4, 0.5) is 0 Å². The molecule has 1 unspecified atom stereocenters. The van der Waals surface area contributed by atoms with Crippen LogP contribution in [-0.4, -0.2) is 69.5 Å². The average molecular weight is 290 g/mol. The average Bonchev–Trinajstić information content (AvgIpc) is 2.29. The number of likely N-dealkylation sites (tertiary alicyclic amines) is 1. The van der Waals surface area contributed by atoms with E-state index in [0.29, 0.717) is 18.5 Å². The second kappa shape index (κ2) is 7.62. The van der Waals surface area contributed by atoms with Gasteiger partial charge in [-0.1, -0.05) is 13.8 Å². The molecule has 0 radical (unpaired) electrons. The molecular weight excluding hydrogens is 260 g/mol. The van der Waals surface area contributed by atoms with Crippen LogP contribution >= 0.6 is 0 Å². The molecule has 0 aromatic rings. The molecular formula is C14H30N2O2S. The Labute approximate surface area is 119 Å². The van der Waals surface area contributed by atoms with Crippen molar-refractivity contribution in [3.05, 3.63) is 0 Å². The van der Waals surface area contributed by atoms with Crippen molar-refractivity contribution in [1.82, 2.24) is 9.80 Å². The van der Waals surface area contributed by atoms with Gasteiger partial charge in [-0.15, -0.1) is 0 Å². The number of rotatable bonds is 7. The van der Waals surface area contributed by atoms with Crippen molar-refractivity contribution in [3.8, 4) is 0 Å². The highest BCUT2D eigenvalue weighted by atomic mass is 32.2. The fourth-order valence-electron chi connectivity index (χ4n) is 2.52. The first-order valence-electron chi connectivity index (χ1n) is 7.28. The molecule has 19 heavy (non-hydrogen) atoms. The Morgan fingerprint density at radius 2 is 1.95 bits per heavy atom. The minimum Gasteiger partial charge on any atom is -0.314 e. The standard InChI is InChI=1S/C14H30N2O2S/c1-13(2)5-10-16(11-12-19(4,17)18)14-6-8-15(3)9-7-14/h13-14H,4-12H2,1-3H3,(H,17,18). The third-order valence-electron chi connectivity index (χ3n) is 3.90. The molecule has 1 fully saturated rings. The molecule has 0 aromatic carbocycles. The molecule has 1 N–H and O–H groups in total. The lowest BCUT2D eigenvalue weighted by molar-refractivity contribution is 0.121. The molecule has 0 amide bonds. The zero-order valence-electron chi connectivity index (χ0n) is 12.7. The van der Waals surface area contributed by atoms with E-state index in [4.69, 9.17) is 0 Å². The van der Waals surface area contributed by atoms with Crippen molar-refractivity contribution in [1.29, 1.82) is 0 Å². The summed E-state index contributed by atoms with van der Waals surface area (Å²) >= 11 is 0. The molecule has 0 bridgehead atoms. The Morgan fingerprint density at radius 3 is 2.42 bits per heavy atom. The zero-order valence-corrected chi connectivity index (χ0v) is 13.5. The summed E-state index contributed by atoms with van der Waals surface area (Å²) in [5.41, 5.74) is 0. The van der Waals surface area contributed by atoms with Crippen LogP contribution in [0.1, 0.15) is 33.1 Å². The van der Waals surface area contributed by atoms with Crippen molar-refractivity contribution >= 4 is 15.7 Å². The van der Waals surface area contributed by atoms with Crippen LogP contribution in [0.2, 0.25) is 0 Å². The van der Waals surface area contributed by atoms with Gasteiger partial charge in [-0.2, -0.15) is 0 Å². The molecule has 4 nitrogen and oxygen atoms in total. The van der Waals surface area contributed by atoms with E-state index < -0.39 is 9.80 Å². The first kappa shape index (κ1) is 17.0. The SMILES string of the molecule is C=S(=O)(O)CCN(CCC(C)C)C1CCN(C)CC1. The maximum absolute atomic E-state index is 11.4. The number of hydrogen-bond donors (Lipinski definition) is 1. The molecule has 0 aliphatic carbocycles. The summed E-state index contributed by atoms with van der Waals surface area (Å²) in [7, 11) is -0.701. The van der Waals surface area contributed by atoms with E-state index >= 15 is 0 Å². The molecule has 1 atom stereocenters. The molecule has 5 heteroatoms. The van der Waals surface area contributed by atoms with Gasteiger partial charge < -0.3 is 9.45 Å². The Morgan fingerprint density at radius 1 is 1.37 bits per heavy atom.